The van der Waals surface area contributed by atoms with Gasteiger partial charge in [0.1, 0.15) is 5.69 Å². The predicted octanol–water partition coefficient (Wildman–Crippen LogP) is 4.36. The maximum atomic E-state index is 13.8. The van der Waals surface area contributed by atoms with Crippen molar-refractivity contribution in [3.05, 3.63) is 107 Å². The van der Waals surface area contributed by atoms with E-state index in [0.717, 1.165) is 42.0 Å². The highest BCUT2D eigenvalue weighted by Gasteiger charge is 2.41. The van der Waals surface area contributed by atoms with Gasteiger partial charge in [0.15, 0.2) is 5.92 Å². The van der Waals surface area contributed by atoms with E-state index in [1.807, 2.05) is 54.6 Å². The highest BCUT2D eigenvalue weighted by atomic mass is 16.5. The molecule has 6 rings (SSSR count). The molecule has 2 heterocycles. The molecule has 1 fully saturated rings. The number of hydrogen-bond donors (Lipinski definition) is 2. The molecule has 1 aromatic heterocycles. The fraction of sp³-hybridized carbons (Fsp3) is 0.226. The van der Waals surface area contributed by atoms with Crippen molar-refractivity contribution in [2.24, 2.45) is 5.92 Å². The summed E-state index contributed by atoms with van der Waals surface area (Å²) in [6, 6.07) is 26.9. The van der Waals surface area contributed by atoms with Gasteiger partial charge in [0, 0.05) is 42.4 Å². The number of hydrogen-bond acceptors (Lipinski definition) is 6. The summed E-state index contributed by atoms with van der Waals surface area (Å²) in [5.41, 5.74) is 6.41. The topological polar surface area (TPSA) is 111 Å². The van der Waals surface area contributed by atoms with Gasteiger partial charge in [0.25, 0.3) is 0 Å². The molecule has 1 aliphatic heterocycles. The molecule has 1 amide bonds. The molecule has 2 unspecified atom stereocenters. The summed E-state index contributed by atoms with van der Waals surface area (Å²) in [7, 11) is 0. The lowest BCUT2D eigenvalue weighted by molar-refractivity contribution is -0.117. The highest BCUT2D eigenvalue weighted by Crippen LogP contribution is 2.50. The van der Waals surface area contributed by atoms with Gasteiger partial charge in [-0.25, -0.2) is 0 Å². The molecule has 1 aliphatic carbocycles. The molecule has 8 heteroatoms. The number of carbonyl (C=O) groups is 2. The summed E-state index contributed by atoms with van der Waals surface area (Å²) in [5.74, 6) is -3.09. The number of nitrogens with one attached hydrogen (secondary N) is 2. The Morgan fingerprint density at radius 3 is 2.44 bits per heavy atom. The first-order valence-corrected chi connectivity index (χ1v) is 13.0. The van der Waals surface area contributed by atoms with Crippen molar-refractivity contribution in [3.63, 3.8) is 0 Å². The third kappa shape index (κ3) is 4.63. The minimum atomic E-state index is -1.54. The van der Waals surface area contributed by atoms with Gasteiger partial charge < -0.3 is 10.1 Å². The molecule has 194 valence electrons. The zero-order valence-corrected chi connectivity index (χ0v) is 21.3. The number of nitriles is 1. The molecule has 1 saturated heterocycles. The van der Waals surface area contributed by atoms with Gasteiger partial charge in [-0.05, 0) is 28.8 Å². The van der Waals surface area contributed by atoms with Crippen LogP contribution in [0.1, 0.15) is 38.7 Å². The number of carbonyl (C=O) groups excluding carboxylic acids is 2. The molecular weight excluding hydrogens is 490 g/mol. The molecule has 2 atom stereocenters. The quantitative estimate of drug-likeness (QED) is 0.245. The number of rotatable bonds is 7. The summed E-state index contributed by atoms with van der Waals surface area (Å²) < 4.78 is 5.54. The van der Waals surface area contributed by atoms with Crippen LogP contribution < -0.4 is 5.32 Å². The number of para-hydroxylation sites is 1. The van der Waals surface area contributed by atoms with E-state index in [1.54, 1.807) is 24.3 Å². The van der Waals surface area contributed by atoms with Crippen LogP contribution in [0.3, 0.4) is 0 Å². The highest BCUT2D eigenvalue weighted by molar-refractivity contribution is 6.16. The first-order chi connectivity index (χ1) is 19.2. The van der Waals surface area contributed by atoms with Crippen molar-refractivity contribution in [1.82, 2.24) is 15.1 Å². The summed E-state index contributed by atoms with van der Waals surface area (Å²) in [4.78, 5) is 29.2. The Kier molecular flexibility index (Phi) is 6.76. The summed E-state index contributed by atoms with van der Waals surface area (Å²) in [5, 5.41) is 20.0. The number of nitrogens with zero attached hydrogens (tertiary/aromatic N) is 3. The number of amides is 1. The fourth-order valence-electron chi connectivity index (χ4n) is 5.57. The lowest BCUT2D eigenvalue weighted by Crippen LogP contribution is -2.36. The van der Waals surface area contributed by atoms with E-state index in [-0.39, 0.29) is 11.6 Å². The van der Waals surface area contributed by atoms with E-state index in [4.69, 9.17) is 4.74 Å². The molecular formula is C31H27N5O3. The third-order valence-electron chi connectivity index (χ3n) is 7.41. The van der Waals surface area contributed by atoms with Crippen LogP contribution >= 0.6 is 0 Å². The minimum absolute atomic E-state index is 0.127. The Labute approximate surface area is 226 Å². The zero-order valence-electron chi connectivity index (χ0n) is 21.3. The summed E-state index contributed by atoms with van der Waals surface area (Å²) >= 11 is 0. The largest absolute Gasteiger partial charge is 0.379 e. The number of benzene rings is 3. The smallest absolute Gasteiger partial charge is 0.249 e. The van der Waals surface area contributed by atoms with Gasteiger partial charge >= 0.3 is 0 Å². The van der Waals surface area contributed by atoms with E-state index in [1.165, 1.54) is 5.56 Å². The third-order valence-corrected chi connectivity index (χ3v) is 7.41. The number of aromatic nitrogens is 2. The van der Waals surface area contributed by atoms with Gasteiger partial charge in [-0.15, -0.1) is 0 Å². The minimum Gasteiger partial charge on any atom is -0.379 e. The second kappa shape index (κ2) is 10.7. The molecule has 3 aromatic carbocycles. The first-order valence-electron chi connectivity index (χ1n) is 13.0. The lowest BCUT2D eigenvalue weighted by Gasteiger charge is -2.28. The molecule has 39 heavy (non-hydrogen) atoms. The van der Waals surface area contributed by atoms with Gasteiger partial charge in [-0.2, -0.15) is 10.4 Å². The van der Waals surface area contributed by atoms with Crippen LogP contribution in [0, 0.1) is 17.2 Å². The first kappa shape index (κ1) is 24.7. The number of anilines is 1. The van der Waals surface area contributed by atoms with Gasteiger partial charge in [0.2, 0.25) is 11.7 Å². The molecule has 0 bridgehead atoms. The summed E-state index contributed by atoms with van der Waals surface area (Å²) in [6.07, 6.45) is 0. The van der Waals surface area contributed by atoms with Crippen molar-refractivity contribution in [3.8, 4) is 17.3 Å². The van der Waals surface area contributed by atoms with Crippen LogP contribution in [0.5, 0.6) is 0 Å². The van der Waals surface area contributed by atoms with E-state index < -0.39 is 17.6 Å². The molecule has 2 N–H and O–H groups in total. The molecule has 2 aliphatic rings. The number of H-pyrrole nitrogens is 1. The number of ketones is 1. The SMILES string of the molecule is N#CC(C(=O)Nc1ccccc1)C(=O)c1n[nH]c2c1C(c1ccccc1)c1c(CN3CCOCC3)cccc1-2. The Balaban J connectivity index is 1.40. The average molecular weight is 518 g/mol. The lowest BCUT2D eigenvalue weighted by atomic mass is 9.84. The predicted molar refractivity (Wildman–Crippen MR) is 146 cm³/mol. The van der Waals surface area contributed by atoms with E-state index >= 15 is 0 Å². The molecule has 0 saturated carbocycles. The number of morpholine rings is 1. The zero-order chi connectivity index (χ0) is 26.8. The Hall–Kier alpha value is -4.58. The van der Waals surface area contributed by atoms with Crippen LogP contribution in [-0.4, -0.2) is 53.1 Å². The number of fused-ring (bicyclic) bond motifs is 3. The second-order valence-corrected chi connectivity index (χ2v) is 9.75. The van der Waals surface area contributed by atoms with Gasteiger partial charge in [-0.1, -0.05) is 66.7 Å². The van der Waals surface area contributed by atoms with Crippen LogP contribution in [0.15, 0.2) is 78.9 Å². The van der Waals surface area contributed by atoms with Gasteiger partial charge in [0.05, 0.1) is 25.0 Å². The molecule has 8 nitrogen and oxygen atoms in total. The average Bonchev–Trinajstić information content (AvgIpc) is 3.54. The molecule has 0 spiro atoms. The normalized spacial score (nSPS) is 17.1. The Bertz CT molecular complexity index is 1550. The second-order valence-electron chi connectivity index (χ2n) is 9.75. The van der Waals surface area contributed by atoms with E-state index in [2.05, 4.69) is 26.5 Å². The number of ether oxygens (including phenoxy) is 1. The molecule has 0 radical (unpaired) electrons. The van der Waals surface area contributed by atoms with Crippen molar-refractivity contribution >= 4 is 17.4 Å². The van der Waals surface area contributed by atoms with Crippen molar-refractivity contribution in [2.75, 3.05) is 31.6 Å². The van der Waals surface area contributed by atoms with Crippen LogP contribution in [0.2, 0.25) is 0 Å². The standard InChI is InChI=1S/C31H27N5O3/c32-18-24(31(38)33-22-11-5-2-6-12-22)30(37)29-27-26(20-8-3-1-4-9-20)25-21(19-36-14-16-39-17-15-36)10-7-13-23(25)28(27)34-35-29/h1-13,24,26H,14-17,19H2,(H,33,38)(H,34,35). The van der Waals surface area contributed by atoms with Gasteiger partial charge in [-0.3, -0.25) is 19.6 Å². The monoisotopic (exact) mass is 517 g/mol. The van der Waals surface area contributed by atoms with Crippen LogP contribution in [0.4, 0.5) is 5.69 Å². The maximum absolute atomic E-state index is 13.8. The number of aromatic amines is 1. The van der Waals surface area contributed by atoms with Crippen LogP contribution in [0.25, 0.3) is 11.3 Å². The van der Waals surface area contributed by atoms with Crippen molar-refractivity contribution < 1.29 is 14.3 Å². The van der Waals surface area contributed by atoms with Crippen molar-refractivity contribution in [2.45, 2.75) is 12.5 Å². The van der Waals surface area contributed by atoms with Crippen LogP contribution in [-0.2, 0) is 16.1 Å². The summed E-state index contributed by atoms with van der Waals surface area (Å²) in [6.45, 7) is 3.89. The van der Waals surface area contributed by atoms with E-state index in [9.17, 15) is 14.9 Å². The number of Topliss-reactive ketones (excluding diaryl/α,β-unsaturated/α-hetero) is 1. The van der Waals surface area contributed by atoms with Crippen molar-refractivity contribution in [1.29, 1.82) is 5.26 Å². The fourth-order valence-corrected chi connectivity index (χ4v) is 5.57. The Morgan fingerprint density at radius 2 is 1.72 bits per heavy atom. The van der Waals surface area contributed by atoms with E-state index in [0.29, 0.717) is 24.5 Å². The molecule has 4 aromatic rings. The maximum Gasteiger partial charge on any atom is 0.249 e. The Morgan fingerprint density at radius 1 is 1.00 bits per heavy atom.